The zero-order valence-corrected chi connectivity index (χ0v) is 10.8. The maximum Gasteiger partial charge on any atom is 0.271 e. The quantitative estimate of drug-likeness (QED) is 0.466. The highest BCUT2D eigenvalue weighted by Crippen LogP contribution is 2.26. The summed E-state index contributed by atoms with van der Waals surface area (Å²) in [5.41, 5.74) is 0.756. The van der Waals surface area contributed by atoms with Crippen molar-refractivity contribution in [3.8, 4) is 0 Å². The maximum atomic E-state index is 11.8. The Morgan fingerprint density at radius 2 is 2.20 bits per heavy atom. The van der Waals surface area contributed by atoms with Crippen LogP contribution in [-0.4, -0.2) is 49.8 Å². The number of aliphatic hydroxyl groups excluding tert-OH is 3. The van der Waals surface area contributed by atoms with Gasteiger partial charge >= 0.3 is 0 Å². The average molecular weight is 282 g/mol. The number of aryl methyl sites for hydroxylation is 1. The van der Waals surface area contributed by atoms with Gasteiger partial charge in [0.2, 0.25) is 17.2 Å². The lowest BCUT2D eigenvalue weighted by atomic mass is 10.1. The number of aromatic amines is 1. The van der Waals surface area contributed by atoms with Gasteiger partial charge in [0.25, 0.3) is 5.65 Å². The maximum absolute atomic E-state index is 11.8. The van der Waals surface area contributed by atoms with Gasteiger partial charge in [0, 0.05) is 6.07 Å². The van der Waals surface area contributed by atoms with Gasteiger partial charge in [0.1, 0.15) is 18.3 Å². The van der Waals surface area contributed by atoms with Gasteiger partial charge in [0.05, 0.1) is 19.9 Å². The summed E-state index contributed by atoms with van der Waals surface area (Å²) in [6, 6.07) is 1.41. The molecule has 108 valence electrons. The summed E-state index contributed by atoms with van der Waals surface area (Å²) >= 11 is 0. The first-order valence-electron chi connectivity index (χ1n) is 6.25. The van der Waals surface area contributed by atoms with E-state index in [1.165, 1.54) is 12.3 Å². The number of H-pyrrole nitrogens is 1. The summed E-state index contributed by atoms with van der Waals surface area (Å²) in [4.78, 5) is 14.8. The number of rotatable bonds is 2. The van der Waals surface area contributed by atoms with Crippen LogP contribution in [0.2, 0.25) is 0 Å². The van der Waals surface area contributed by atoms with Crippen LogP contribution >= 0.6 is 0 Å². The molecule has 0 spiro atoms. The molecular weight excluding hydrogens is 266 g/mol. The van der Waals surface area contributed by atoms with E-state index in [2.05, 4.69) is 4.98 Å². The van der Waals surface area contributed by atoms with Crippen LogP contribution in [0.4, 0.5) is 0 Å². The third-order valence-electron chi connectivity index (χ3n) is 3.61. The lowest BCUT2D eigenvalue weighted by Crippen LogP contribution is -2.46. The zero-order chi connectivity index (χ0) is 14.4. The van der Waals surface area contributed by atoms with E-state index in [-0.39, 0.29) is 5.43 Å². The fourth-order valence-corrected chi connectivity index (χ4v) is 2.60. The van der Waals surface area contributed by atoms with E-state index < -0.39 is 31.1 Å². The Kier molecular flexibility index (Phi) is 3.09. The molecule has 4 atom stereocenters. The van der Waals surface area contributed by atoms with E-state index in [0.717, 1.165) is 0 Å². The molecule has 1 fully saturated rings. The third-order valence-corrected chi connectivity index (χ3v) is 3.61. The van der Waals surface area contributed by atoms with Crippen LogP contribution in [0.15, 0.2) is 23.4 Å². The number of pyridine rings is 1. The standard InChI is InChI=1S/C12H15N3O5/c1-14-5-15(11-8(14)6(17)2-3-13-11)12-10(19)9(18)7(4-16)20-12/h2-3,5,7,9-10,12,16,18-19H,4H2,1H3/p+1. The van der Waals surface area contributed by atoms with Crippen molar-refractivity contribution in [3.63, 3.8) is 0 Å². The third kappa shape index (κ3) is 1.77. The van der Waals surface area contributed by atoms with Gasteiger partial charge in [-0.1, -0.05) is 0 Å². The topological polar surface area (TPSA) is 112 Å². The van der Waals surface area contributed by atoms with Crippen molar-refractivity contribution in [2.24, 2.45) is 7.05 Å². The van der Waals surface area contributed by atoms with Crippen molar-refractivity contribution >= 4 is 11.2 Å². The van der Waals surface area contributed by atoms with Crippen LogP contribution in [0.3, 0.4) is 0 Å². The number of fused-ring (bicyclic) bond motifs is 1. The van der Waals surface area contributed by atoms with Gasteiger partial charge < -0.3 is 20.1 Å². The molecule has 8 heteroatoms. The fraction of sp³-hybridized carbons (Fsp3) is 0.500. The monoisotopic (exact) mass is 282 g/mol. The second-order valence-electron chi connectivity index (χ2n) is 4.90. The second-order valence-corrected chi connectivity index (χ2v) is 4.90. The Hall–Kier alpha value is -1.74. The first kappa shape index (κ1) is 13.3. The summed E-state index contributed by atoms with van der Waals surface area (Å²) in [5, 5.41) is 29.0. The average Bonchev–Trinajstić information content (AvgIpc) is 2.90. The molecule has 0 saturated carbocycles. The van der Waals surface area contributed by atoms with Gasteiger partial charge in [-0.2, -0.15) is 0 Å². The molecule has 0 aromatic carbocycles. The number of nitrogens with one attached hydrogen (secondary N) is 1. The minimum absolute atomic E-state index is 0.160. The summed E-state index contributed by atoms with van der Waals surface area (Å²) in [6.07, 6.45) is -0.988. The van der Waals surface area contributed by atoms with Gasteiger partial charge in [-0.25, -0.2) is 4.57 Å². The molecule has 1 aliphatic rings. The number of hydrogen-bond acceptors (Lipinski definition) is 5. The van der Waals surface area contributed by atoms with Crippen LogP contribution in [0.1, 0.15) is 6.23 Å². The molecule has 0 amide bonds. The molecule has 20 heavy (non-hydrogen) atoms. The first-order valence-corrected chi connectivity index (χ1v) is 6.25. The van der Waals surface area contributed by atoms with Crippen molar-refractivity contribution in [2.45, 2.75) is 24.5 Å². The summed E-state index contributed by atoms with van der Waals surface area (Å²) < 4.78 is 8.62. The molecule has 8 nitrogen and oxygen atoms in total. The molecule has 0 bridgehead atoms. The van der Waals surface area contributed by atoms with E-state index in [1.54, 1.807) is 22.5 Å². The predicted molar refractivity (Wildman–Crippen MR) is 66.7 cm³/mol. The van der Waals surface area contributed by atoms with Crippen LogP contribution in [-0.2, 0) is 11.8 Å². The molecule has 1 aliphatic heterocycles. The molecule has 3 heterocycles. The Labute approximate surface area is 113 Å². The molecular formula is C12H16N3O5+. The number of imidazole rings is 1. The highest BCUT2D eigenvalue weighted by Gasteiger charge is 2.46. The molecule has 0 aliphatic carbocycles. The van der Waals surface area contributed by atoms with Crippen LogP contribution in [0.5, 0.6) is 0 Å². The number of aromatic nitrogens is 3. The van der Waals surface area contributed by atoms with Crippen LogP contribution < -0.4 is 10.00 Å². The molecule has 2 aromatic rings. The lowest BCUT2D eigenvalue weighted by molar-refractivity contribution is -0.745. The Balaban J connectivity index is 2.12. The van der Waals surface area contributed by atoms with E-state index in [1.807, 2.05) is 0 Å². The smallest absolute Gasteiger partial charge is 0.271 e. The van der Waals surface area contributed by atoms with E-state index in [9.17, 15) is 15.0 Å². The summed E-state index contributed by atoms with van der Waals surface area (Å²) in [7, 11) is 1.70. The van der Waals surface area contributed by atoms with E-state index >= 15 is 0 Å². The van der Waals surface area contributed by atoms with Crippen molar-refractivity contribution in [2.75, 3.05) is 6.61 Å². The van der Waals surface area contributed by atoms with Gasteiger partial charge in [-0.05, 0) is 0 Å². The van der Waals surface area contributed by atoms with E-state index in [0.29, 0.717) is 11.2 Å². The Morgan fingerprint density at radius 1 is 1.45 bits per heavy atom. The van der Waals surface area contributed by atoms with Crippen LogP contribution in [0, 0.1) is 0 Å². The van der Waals surface area contributed by atoms with Gasteiger partial charge in [-0.15, -0.1) is 0 Å². The van der Waals surface area contributed by atoms with Crippen LogP contribution in [0.25, 0.3) is 11.2 Å². The Morgan fingerprint density at radius 3 is 2.85 bits per heavy atom. The fourth-order valence-electron chi connectivity index (χ4n) is 2.60. The van der Waals surface area contributed by atoms with Crippen molar-refractivity contribution in [1.29, 1.82) is 0 Å². The molecule has 1 saturated heterocycles. The normalized spacial score (nSPS) is 30.2. The number of ether oxygens (including phenoxy) is 1. The second kappa shape index (κ2) is 4.67. The molecule has 4 N–H and O–H groups in total. The van der Waals surface area contributed by atoms with Gasteiger partial charge in [-0.3, -0.25) is 14.3 Å². The molecule has 0 radical (unpaired) electrons. The lowest BCUT2D eigenvalue weighted by Gasteiger charge is -2.12. The molecule has 3 rings (SSSR count). The SMILES string of the molecule is Cn1c[n+](C2OC(CO)C(O)C2O)c2[nH]ccc(=O)c21. The molecule has 4 unspecified atom stereocenters. The van der Waals surface area contributed by atoms with Crippen molar-refractivity contribution in [3.05, 3.63) is 28.8 Å². The molecule has 2 aromatic heterocycles. The van der Waals surface area contributed by atoms with E-state index in [4.69, 9.17) is 9.84 Å². The highest BCUT2D eigenvalue weighted by atomic mass is 16.6. The van der Waals surface area contributed by atoms with Crippen molar-refractivity contribution in [1.82, 2.24) is 9.55 Å². The number of nitrogens with zero attached hydrogens (tertiary/aromatic N) is 2. The minimum atomic E-state index is -1.19. The Bertz CT molecular complexity index is 694. The summed E-state index contributed by atoms with van der Waals surface area (Å²) in [5.74, 6) is 0. The van der Waals surface area contributed by atoms with Gasteiger partial charge in [0.15, 0.2) is 6.33 Å². The number of aliphatic hydroxyl groups is 3. The number of hydrogen-bond donors (Lipinski definition) is 4. The minimum Gasteiger partial charge on any atom is -0.394 e. The largest absolute Gasteiger partial charge is 0.394 e. The highest BCUT2D eigenvalue weighted by molar-refractivity contribution is 5.66. The predicted octanol–water partition coefficient (Wildman–Crippen LogP) is -2.23. The zero-order valence-electron chi connectivity index (χ0n) is 10.8. The van der Waals surface area contributed by atoms with Crippen molar-refractivity contribution < 1.29 is 24.6 Å². The first-order chi connectivity index (χ1) is 9.54. The summed E-state index contributed by atoms with van der Waals surface area (Å²) in [6.45, 7) is -0.392.